The number of hydrogen-bond acceptors (Lipinski definition) is 14. The van der Waals surface area contributed by atoms with Gasteiger partial charge in [0.15, 0.2) is 6.10 Å². The lowest BCUT2D eigenvalue weighted by atomic mass is 9.85. The largest absolute Gasteiger partial charge is 0.472 e. The molecule has 1 aliphatic carbocycles. The van der Waals surface area contributed by atoms with E-state index in [0.29, 0.717) is 32.1 Å². The summed E-state index contributed by atoms with van der Waals surface area (Å²) >= 11 is 0. The monoisotopic (exact) mass is 976 g/mol. The molecular formula is C47H78O17P2. The molecule has 0 saturated heterocycles. The van der Waals surface area contributed by atoms with E-state index in [9.17, 15) is 49.1 Å². The third kappa shape index (κ3) is 32.0. The number of carbonyl (C=O) groups is 2. The Morgan fingerprint density at radius 1 is 0.545 bits per heavy atom. The van der Waals surface area contributed by atoms with E-state index in [4.69, 9.17) is 28.3 Å². The summed E-state index contributed by atoms with van der Waals surface area (Å²) < 4.78 is 49.2. The van der Waals surface area contributed by atoms with Gasteiger partial charge in [0.1, 0.15) is 43.2 Å². The average Bonchev–Trinajstić information content (AvgIpc) is 3.26. The van der Waals surface area contributed by atoms with Gasteiger partial charge in [0.2, 0.25) is 0 Å². The van der Waals surface area contributed by atoms with Crippen molar-refractivity contribution >= 4 is 27.6 Å². The molecule has 8 N–H and O–H groups in total. The van der Waals surface area contributed by atoms with E-state index in [0.717, 1.165) is 57.8 Å². The van der Waals surface area contributed by atoms with E-state index in [1.165, 1.54) is 19.3 Å². The lowest BCUT2D eigenvalue weighted by Gasteiger charge is -2.43. The van der Waals surface area contributed by atoms with Crippen LogP contribution in [0.2, 0.25) is 0 Å². The van der Waals surface area contributed by atoms with Crippen LogP contribution >= 0.6 is 15.6 Å². The highest BCUT2D eigenvalue weighted by Crippen LogP contribution is 2.49. The van der Waals surface area contributed by atoms with Crippen molar-refractivity contribution in [2.24, 2.45) is 0 Å². The molecule has 19 heteroatoms. The number of unbranched alkanes of at least 4 members (excludes halogenated alkanes) is 7. The highest BCUT2D eigenvalue weighted by Gasteiger charge is 2.54. The molecule has 0 bridgehead atoms. The van der Waals surface area contributed by atoms with E-state index in [-0.39, 0.29) is 18.9 Å². The third-order valence-corrected chi connectivity index (χ3v) is 11.5. The fraction of sp³-hybridized carbons (Fsp3) is 0.660. The van der Waals surface area contributed by atoms with Crippen molar-refractivity contribution in [3.8, 4) is 0 Å². The van der Waals surface area contributed by atoms with E-state index < -0.39 is 83.5 Å². The van der Waals surface area contributed by atoms with Crippen molar-refractivity contribution < 1.29 is 82.0 Å². The number of carbonyl (C=O) groups excluding carboxylic acids is 2. The Labute approximate surface area is 391 Å². The van der Waals surface area contributed by atoms with Crippen LogP contribution in [0.4, 0.5) is 0 Å². The molecule has 0 aliphatic heterocycles. The van der Waals surface area contributed by atoms with Crippen LogP contribution in [0.15, 0.2) is 85.1 Å². The lowest BCUT2D eigenvalue weighted by molar-refractivity contribution is -0.216. The second-order valence-corrected chi connectivity index (χ2v) is 18.6. The van der Waals surface area contributed by atoms with Crippen LogP contribution in [0.1, 0.15) is 136 Å². The van der Waals surface area contributed by atoms with Gasteiger partial charge in [-0.25, -0.2) is 9.13 Å². The van der Waals surface area contributed by atoms with Crippen LogP contribution in [-0.2, 0) is 41.8 Å². The Morgan fingerprint density at radius 2 is 0.985 bits per heavy atom. The smallest absolute Gasteiger partial charge is 0.462 e. The quantitative estimate of drug-likeness (QED) is 0.0129. The molecule has 0 aromatic rings. The Balaban J connectivity index is 2.67. The first-order valence-electron chi connectivity index (χ1n) is 23.2. The number of phosphoric acid groups is 2. The Bertz CT molecular complexity index is 1620. The number of hydrogen-bond donors (Lipinski definition) is 8. The van der Waals surface area contributed by atoms with Crippen LogP contribution in [-0.4, -0.2) is 114 Å². The number of aliphatic hydroxyl groups is 5. The molecule has 1 rings (SSSR count). The number of phosphoric ester groups is 2. The van der Waals surface area contributed by atoms with Gasteiger partial charge in [-0.1, -0.05) is 105 Å². The molecule has 0 spiro atoms. The molecule has 5 unspecified atom stereocenters. The van der Waals surface area contributed by atoms with E-state index in [1.54, 1.807) is 6.92 Å². The first-order chi connectivity index (χ1) is 31.5. The maximum atomic E-state index is 13.0. The Hall–Kier alpha value is -2.86. The summed E-state index contributed by atoms with van der Waals surface area (Å²) in [6.45, 7) is 2.53. The second kappa shape index (κ2) is 37.1. The van der Waals surface area contributed by atoms with E-state index >= 15 is 0 Å². The molecule has 1 fully saturated rings. The first-order valence-corrected chi connectivity index (χ1v) is 26.2. The van der Waals surface area contributed by atoms with Gasteiger partial charge in [-0.3, -0.25) is 23.2 Å². The molecule has 0 heterocycles. The minimum absolute atomic E-state index is 0.0199. The van der Waals surface area contributed by atoms with Gasteiger partial charge in [-0.2, -0.15) is 0 Å². The molecule has 0 aromatic heterocycles. The number of esters is 2. The van der Waals surface area contributed by atoms with Gasteiger partial charge in [-0.15, -0.1) is 0 Å². The number of rotatable bonds is 37. The molecule has 66 heavy (non-hydrogen) atoms. The van der Waals surface area contributed by atoms with Gasteiger partial charge >= 0.3 is 27.6 Å². The van der Waals surface area contributed by atoms with Crippen molar-refractivity contribution in [1.82, 2.24) is 0 Å². The molecule has 9 atom stereocenters. The van der Waals surface area contributed by atoms with Crippen molar-refractivity contribution in [2.45, 2.75) is 185 Å². The maximum absolute atomic E-state index is 13.0. The van der Waals surface area contributed by atoms with E-state index in [1.807, 2.05) is 30.4 Å². The summed E-state index contributed by atoms with van der Waals surface area (Å²) in [6.07, 6.45) is 28.3. The molecule has 0 aromatic carbocycles. The number of allylic oxidation sites excluding steroid dienone is 14. The minimum Gasteiger partial charge on any atom is -0.462 e. The maximum Gasteiger partial charge on any atom is 0.472 e. The zero-order chi connectivity index (χ0) is 49.1. The number of ether oxygens (including phenoxy) is 2. The van der Waals surface area contributed by atoms with Crippen molar-refractivity contribution in [3.63, 3.8) is 0 Å². The SMILES string of the molecule is CCCCC/C=C\C/C=C\C/C=C\CCCCC(=O)O[C@H](COC(=O)CCC/C=C\C/C=C\C/C=C\C/C=C\CCC[C@@H](C)O)COP(=O)(O)O[C@H]1C(O)C(O)C(O)[C@@H](OP(=O)(O)O)C1O. The normalized spacial score (nSPS) is 22.8. The van der Waals surface area contributed by atoms with Gasteiger partial charge in [0.05, 0.1) is 12.7 Å². The van der Waals surface area contributed by atoms with Crippen LogP contribution in [0, 0.1) is 0 Å². The zero-order valence-electron chi connectivity index (χ0n) is 38.7. The second-order valence-electron chi connectivity index (χ2n) is 16.0. The molecule has 1 aliphatic rings. The first kappa shape index (κ1) is 61.2. The van der Waals surface area contributed by atoms with Gasteiger partial charge in [0, 0.05) is 12.8 Å². The summed E-state index contributed by atoms with van der Waals surface area (Å²) in [5.41, 5.74) is 0. The lowest BCUT2D eigenvalue weighted by Crippen LogP contribution is -2.64. The van der Waals surface area contributed by atoms with Crippen molar-refractivity contribution in [2.75, 3.05) is 13.2 Å². The Kier molecular flexibility index (Phi) is 34.4. The van der Waals surface area contributed by atoms with E-state index in [2.05, 4.69) is 66.1 Å². The molecule has 17 nitrogen and oxygen atoms in total. The number of aliphatic hydroxyl groups excluding tert-OH is 5. The van der Waals surface area contributed by atoms with Crippen molar-refractivity contribution in [3.05, 3.63) is 85.1 Å². The molecule has 0 amide bonds. The highest BCUT2D eigenvalue weighted by atomic mass is 31.2. The summed E-state index contributed by atoms with van der Waals surface area (Å²) in [5.74, 6) is -1.34. The predicted octanol–water partition coefficient (Wildman–Crippen LogP) is 7.58. The highest BCUT2D eigenvalue weighted by molar-refractivity contribution is 7.47. The van der Waals surface area contributed by atoms with Gasteiger partial charge < -0.3 is 49.7 Å². The van der Waals surface area contributed by atoms with Gasteiger partial charge in [0.25, 0.3) is 0 Å². The fourth-order valence-electron chi connectivity index (χ4n) is 6.34. The zero-order valence-corrected chi connectivity index (χ0v) is 40.5. The topological polar surface area (TPSA) is 276 Å². The van der Waals surface area contributed by atoms with Crippen LogP contribution < -0.4 is 0 Å². The molecule has 378 valence electrons. The van der Waals surface area contributed by atoms with Crippen LogP contribution in [0.25, 0.3) is 0 Å². The fourth-order valence-corrected chi connectivity index (χ4v) is 7.87. The standard InChI is InChI=1S/C47H78O17P2/c1-3-4-5-6-7-8-9-10-12-17-20-23-26-29-32-35-41(50)62-39(37-61-66(58,59)64-47-44(53)42(51)43(52)46(45(47)54)63-65(55,56)57)36-60-40(49)34-31-28-25-22-19-16-14-11-13-15-18-21-24-27-30-33-38(2)48/h7-8,10,12-16,20-25,38-39,42-48,51-54H,3-6,9,11,17-19,26-37H2,1-2H3,(H,58,59)(H2,55,56,57)/b8-7-,12-10-,15-13-,16-14-,23-20-,24-21-,25-22-/t38-,39-,42?,43?,44?,45?,46-,47+/m1/s1. The van der Waals surface area contributed by atoms with Gasteiger partial charge in [-0.05, 0) is 103 Å². The van der Waals surface area contributed by atoms with Crippen molar-refractivity contribution in [1.29, 1.82) is 0 Å². The molecule has 1 saturated carbocycles. The predicted molar refractivity (Wildman–Crippen MR) is 251 cm³/mol. The summed E-state index contributed by atoms with van der Waals surface area (Å²) in [4.78, 5) is 54.2. The van der Waals surface area contributed by atoms with Crippen LogP contribution in [0.3, 0.4) is 0 Å². The summed E-state index contributed by atoms with van der Waals surface area (Å²) in [5, 5.41) is 50.5. The summed E-state index contributed by atoms with van der Waals surface area (Å²) in [6, 6.07) is 0. The average molecular weight is 977 g/mol. The minimum atomic E-state index is -5.38. The molecular weight excluding hydrogens is 898 g/mol. The third-order valence-electron chi connectivity index (χ3n) is 9.96. The van der Waals surface area contributed by atoms with Crippen LogP contribution in [0.5, 0.6) is 0 Å². The summed E-state index contributed by atoms with van der Waals surface area (Å²) in [7, 11) is -10.7. The molecule has 0 radical (unpaired) electrons. The Morgan fingerprint density at radius 3 is 1.47 bits per heavy atom.